The fourth-order valence-electron chi connectivity index (χ4n) is 1.72. The number of hydrogen-bond acceptors (Lipinski definition) is 2. The summed E-state index contributed by atoms with van der Waals surface area (Å²) in [6.07, 6.45) is -0.459. The summed E-state index contributed by atoms with van der Waals surface area (Å²) < 4.78 is 5.24. The Hall–Kier alpha value is -1.25. The topological polar surface area (TPSA) is 26.3 Å². The molecule has 18 heavy (non-hydrogen) atoms. The van der Waals surface area contributed by atoms with Gasteiger partial charge in [0, 0.05) is 0 Å². The van der Waals surface area contributed by atoms with Crippen molar-refractivity contribution in [2.75, 3.05) is 11.8 Å². The summed E-state index contributed by atoms with van der Waals surface area (Å²) in [5, 5.41) is 1.87. The number of benzene rings is 2. The van der Waals surface area contributed by atoms with Crippen LogP contribution in [0.15, 0.2) is 42.5 Å². The van der Waals surface area contributed by atoms with Crippen LogP contribution in [0.2, 0.25) is 0 Å². The van der Waals surface area contributed by atoms with Gasteiger partial charge >= 0.3 is 5.97 Å². The molecule has 0 N–H and O–H groups in total. The largest absolute Gasteiger partial charge is 0.456 e. The van der Waals surface area contributed by atoms with E-state index in [9.17, 15) is 4.79 Å². The lowest BCUT2D eigenvalue weighted by Gasteiger charge is -2.13. The first-order valence-corrected chi connectivity index (χ1v) is 6.64. The molecule has 0 heterocycles. The number of carbonyl (C=O) groups is 1. The molecule has 0 aliphatic heterocycles. The number of carbonyl (C=O) groups excluding carboxylic acids is 1. The molecule has 4 heteroatoms. The van der Waals surface area contributed by atoms with Crippen LogP contribution in [-0.2, 0) is 4.74 Å². The van der Waals surface area contributed by atoms with E-state index in [1.165, 1.54) is 0 Å². The van der Waals surface area contributed by atoms with Crippen molar-refractivity contribution in [2.24, 2.45) is 0 Å². The van der Waals surface area contributed by atoms with Crippen molar-refractivity contribution in [3.8, 4) is 0 Å². The predicted molar refractivity (Wildman–Crippen MR) is 74.6 cm³/mol. The van der Waals surface area contributed by atoms with Gasteiger partial charge in [-0.2, -0.15) is 0 Å². The number of hydrogen-bond donors (Lipinski definition) is 0. The highest BCUT2D eigenvalue weighted by atomic mass is 35.5. The Bertz CT molecular complexity index is 545. The van der Waals surface area contributed by atoms with Crippen LogP contribution in [0.4, 0.5) is 0 Å². The van der Waals surface area contributed by atoms with Crippen LogP contribution in [0.3, 0.4) is 0 Å². The molecule has 0 saturated carbocycles. The highest BCUT2D eigenvalue weighted by Gasteiger charge is 2.16. The molecule has 0 aliphatic rings. The maximum Gasteiger partial charge on any atom is 0.339 e. The first-order valence-electron chi connectivity index (χ1n) is 5.57. The molecular formula is C14H12Cl2O2. The van der Waals surface area contributed by atoms with E-state index in [0.29, 0.717) is 5.56 Å². The second-order valence-corrected chi connectivity index (χ2v) is 4.48. The minimum atomic E-state index is -0.459. The number of alkyl halides is 2. The van der Waals surface area contributed by atoms with Gasteiger partial charge in [0.15, 0.2) is 0 Å². The minimum Gasteiger partial charge on any atom is -0.456 e. The van der Waals surface area contributed by atoms with Gasteiger partial charge < -0.3 is 4.74 Å². The number of halogens is 2. The van der Waals surface area contributed by atoms with E-state index >= 15 is 0 Å². The fraction of sp³-hybridized carbons (Fsp3) is 0.214. The van der Waals surface area contributed by atoms with E-state index in [0.717, 1.165) is 10.8 Å². The SMILES string of the molecule is O=C(OC(CCl)CCl)c1cccc2ccccc12. The quantitative estimate of drug-likeness (QED) is 0.629. The normalized spacial score (nSPS) is 10.8. The molecule has 2 aromatic carbocycles. The van der Waals surface area contributed by atoms with Gasteiger partial charge in [-0.15, -0.1) is 23.2 Å². The summed E-state index contributed by atoms with van der Waals surface area (Å²) in [7, 11) is 0. The molecule has 0 spiro atoms. The zero-order valence-corrected chi connectivity index (χ0v) is 11.1. The van der Waals surface area contributed by atoms with Crippen molar-refractivity contribution >= 4 is 39.9 Å². The van der Waals surface area contributed by atoms with Gasteiger partial charge in [0.05, 0.1) is 17.3 Å². The predicted octanol–water partition coefficient (Wildman–Crippen LogP) is 3.84. The summed E-state index contributed by atoms with van der Waals surface area (Å²) in [5.41, 5.74) is 0.535. The molecule has 0 atom stereocenters. The summed E-state index contributed by atoms with van der Waals surface area (Å²) in [5.74, 6) is -0.00175. The third kappa shape index (κ3) is 2.77. The van der Waals surface area contributed by atoms with E-state index in [2.05, 4.69) is 0 Å². The van der Waals surface area contributed by atoms with Crippen LogP contribution in [-0.4, -0.2) is 23.8 Å². The molecule has 0 aliphatic carbocycles. The molecule has 0 aromatic heterocycles. The third-order valence-corrected chi connectivity index (χ3v) is 3.32. The van der Waals surface area contributed by atoms with Crippen molar-refractivity contribution in [1.82, 2.24) is 0 Å². The average Bonchev–Trinajstić information content (AvgIpc) is 2.43. The third-order valence-electron chi connectivity index (χ3n) is 2.63. The minimum absolute atomic E-state index is 0.194. The van der Waals surface area contributed by atoms with Gasteiger partial charge in [-0.3, -0.25) is 0 Å². The number of ether oxygens (including phenoxy) is 1. The molecule has 2 nitrogen and oxygen atoms in total. The molecule has 0 saturated heterocycles. The molecular weight excluding hydrogens is 271 g/mol. The monoisotopic (exact) mass is 282 g/mol. The molecule has 94 valence electrons. The summed E-state index contributed by atoms with van der Waals surface area (Å²) in [6, 6.07) is 13.2. The van der Waals surface area contributed by atoms with Crippen LogP contribution in [0.1, 0.15) is 10.4 Å². The zero-order valence-electron chi connectivity index (χ0n) is 9.61. The molecule has 2 rings (SSSR count). The van der Waals surface area contributed by atoms with Gasteiger partial charge in [-0.1, -0.05) is 36.4 Å². The van der Waals surface area contributed by atoms with Crippen molar-refractivity contribution in [1.29, 1.82) is 0 Å². The Labute approximate surface area is 115 Å². The second-order valence-electron chi connectivity index (χ2n) is 3.86. The van der Waals surface area contributed by atoms with Crippen molar-refractivity contribution in [3.63, 3.8) is 0 Å². The van der Waals surface area contributed by atoms with Crippen LogP contribution < -0.4 is 0 Å². The zero-order chi connectivity index (χ0) is 13.0. The lowest BCUT2D eigenvalue weighted by molar-refractivity contribution is 0.0392. The number of esters is 1. The first-order chi connectivity index (χ1) is 8.76. The maximum atomic E-state index is 12.0. The maximum absolute atomic E-state index is 12.0. The summed E-state index contributed by atoms with van der Waals surface area (Å²) in [4.78, 5) is 12.0. The highest BCUT2D eigenvalue weighted by molar-refractivity contribution is 6.21. The molecule has 0 amide bonds. The lowest BCUT2D eigenvalue weighted by Crippen LogP contribution is -2.21. The van der Waals surface area contributed by atoms with Gasteiger partial charge in [0.25, 0.3) is 0 Å². The Kier molecular flexibility index (Phi) is 4.45. The van der Waals surface area contributed by atoms with Crippen LogP contribution in [0, 0.1) is 0 Å². The van der Waals surface area contributed by atoms with E-state index in [4.69, 9.17) is 27.9 Å². The summed E-state index contributed by atoms with van der Waals surface area (Å²) >= 11 is 11.3. The summed E-state index contributed by atoms with van der Waals surface area (Å²) in [6.45, 7) is 0. The Morgan fingerprint density at radius 1 is 1.06 bits per heavy atom. The smallest absolute Gasteiger partial charge is 0.339 e. The molecule has 2 aromatic rings. The van der Waals surface area contributed by atoms with Crippen LogP contribution in [0.25, 0.3) is 10.8 Å². The van der Waals surface area contributed by atoms with Gasteiger partial charge in [0.2, 0.25) is 0 Å². The standard InChI is InChI=1S/C14H12Cl2O2/c15-8-11(9-16)18-14(17)13-7-3-5-10-4-1-2-6-12(10)13/h1-7,11H,8-9H2. The Morgan fingerprint density at radius 3 is 2.44 bits per heavy atom. The fourth-order valence-corrected chi connectivity index (χ4v) is 2.18. The second kappa shape index (κ2) is 6.07. The van der Waals surface area contributed by atoms with Crippen LogP contribution in [0.5, 0.6) is 0 Å². The lowest BCUT2D eigenvalue weighted by atomic mass is 10.0. The molecule has 0 radical (unpaired) electrons. The molecule has 0 bridgehead atoms. The average molecular weight is 283 g/mol. The van der Waals surface area contributed by atoms with Gasteiger partial charge in [-0.25, -0.2) is 4.79 Å². The van der Waals surface area contributed by atoms with Crippen LogP contribution >= 0.6 is 23.2 Å². The van der Waals surface area contributed by atoms with Gasteiger partial charge in [0.1, 0.15) is 6.10 Å². The Morgan fingerprint density at radius 2 is 1.72 bits per heavy atom. The van der Waals surface area contributed by atoms with Crippen molar-refractivity contribution in [2.45, 2.75) is 6.10 Å². The van der Waals surface area contributed by atoms with E-state index in [-0.39, 0.29) is 11.8 Å². The van der Waals surface area contributed by atoms with E-state index < -0.39 is 12.1 Å². The Balaban J connectivity index is 2.33. The van der Waals surface area contributed by atoms with Crippen molar-refractivity contribution < 1.29 is 9.53 Å². The molecule has 0 unspecified atom stereocenters. The first kappa shape index (κ1) is 13.2. The van der Waals surface area contributed by atoms with E-state index in [1.807, 2.05) is 36.4 Å². The number of fused-ring (bicyclic) bond motifs is 1. The van der Waals surface area contributed by atoms with Crippen molar-refractivity contribution in [3.05, 3.63) is 48.0 Å². The molecule has 0 fully saturated rings. The van der Waals surface area contributed by atoms with E-state index in [1.54, 1.807) is 6.07 Å². The number of rotatable bonds is 4. The van der Waals surface area contributed by atoms with Gasteiger partial charge in [-0.05, 0) is 16.8 Å². The highest BCUT2D eigenvalue weighted by Crippen LogP contribution is 2.19.